The molecule has 0 bridgehead atoms. The first kappa shape index (κ1) is 44.2. The van der Waals surface area contributed by atoms with Crippen LogP contribution in [0.3, 0.4) is 0 Å². The number of nitrogens with one attached hydrogen (secondary N) is 2. The molecule has 14 nitrogen and oxygen atoms in total. The monoisotopic (exact) mass is 869 g/mol. The van der Waals surface area contributed by atoms with Crippen molar-refractivity contribution in [3.63, 3.8) is 0 Å². The lowest BCUT2D eigenvalue weighted by Crippen LogP contribution is -2.66. The number of allylic oxidation sites excluding steroid dienone is 1. The summed E-state index contributed by atoms with van der Waals surface area (Å²) >= 11 is 6.52. The number of hydrogen-bond donors (Lipinski definition) is 3. The van der Waals surface area contributed by atoms with Crippen LogP contribution in [0.25, 0.3) is 10.8 Å². The van der Waals surface area contributed by atoms with Gasteiger partial charge in [-0.25, -0.2) is 18.2 Å². The Morgan fingerprint density at radius 2 is 1.88 bits per heavy atom. The number of carbonyl (C=O) groups excluding carboxylic acids is 3. The van der Waals surface area contributed by atoms with E-state index in [0.29, 0.717) is 61.1 Å². The lowest BCUT2D eigenvalue weighted by Gasteiger charge is -2.46. The van der Waals surface area contributed by atoms with Crippen LogP contribution < -0.4 is 19.5 Å². The first-order valence-corrected chi connectivity index (χ1v) is 21.6. The van der Waals surface area contributed by atoms with Gasteiger partial charge in [0, 0.05) is 23.1 Å². The maximum atomic E-state index is 15.2. The molecule has 19 heteroatoms. The summed E-state index contributed by atoms with van der Waals surface area (Å²) in [5.41, 5.74) is -4.78. The predicted octanol–water partition coefficient (Wildman–Crippen LogP) is 6.21. The van der Waals surface area contributed by atoms with Gasteiger partial charge in [0.2, 0.25) is 27.7 Å². The topological polar surface area (TPSA) is 185 Å². The van der Waals surface area contributed by atoms with Gasteiger partial charge in [-0.05, 0) is 83.3 Å². The Morgan fingerprint density at radius 3 is 2.49 bits per heavy atom. The number of nitrogens with zero attached hydrogens (tertiary/aromatic N) is 3. The third-order valence-electron chi connectivity index (χ3n) is 12.6. The number of aromatic nitrogens is 1. The van der Waals surface area contributed by atoms with E-state index < -0.39 is 85.9 Å². The molecule has 7 atom stereocenters. The molecular weight excluding hydrogens is 819 g/mol. The molecule has 0 radical (unpaired) electrons. The highest BCUT2D eigenvalue weighted by Gasteiger charge is 2.64. The Labute approximate surface area is 346 Å². The average Bonchev–Trinajstić information content (AvgIpc) is 4.04. The number of alkyl halides is 3. The van der Waals surface area contributed by atoms with E-state index in [2.05, 4.69) is 15.0 Å². The van der Waals surface area contributed by atoms with Gasteiger partial charge in [-0.3, -0.25) is 24.0 Å². The van der Waals surface area contributed by atoms with Crippen LogP contribution in [-0.2, 0) is 24.4 Å². The number of amides is 4. The van der Waals surface area contributed by atoms with Gasteiger partial charge in [0.05, 0.1) is 29.6 Å². The predicted molar refractivity (Wildman–Crippen MR) is 211 cm³/mol. The van der Waals surface area contributed by atoms with Gasteiger partial charge in [0.25, 0.3) is 5.91 Å². The summed E-state index contributed by atoms with van der Waals surface area (Å²) in [6.45, 7) is 6.05. The molecule has 4 amide bonds. The van der Waals surface area contributed by atoms with Gasteiger partial charge >= 0.3 is 12.3 Å². The van der Waals surface area contributed by atoms with Crippen molar-refractivity contribution in [3.8, 4) is 11.6 Å². The molecule has 2 saturated carbocycles. The number of benzene rings is 1. The number of ether oxygens (including phenoxy) is 2. The largest absolute Gasteiger partial charge is 0.494 e. The minimum atomic E-state index is -5.11. The number of hydrogen-bond acceptors (Lipinski definition) is 9. The number of methoxy groups -OCH3 is 1. The molecule has 1 saturated heterocycles. The van der Waals surface area contributed by atoms with Crippen molar-refractivity contribution in [1.82, 2.24) is 24.8 Å². The van der Waals surface area contributed by atoms with Gasteiger partial charge in [-0.2, -0.15) is 13.2 Å². The van der Waals surface area contributed by atoms with Crippen LogP contribution in [0.2, 0.25) is 5.02 Å². The number of carboxylic acid groups (broad SMARTS) is 1. The van der Waals surface area contributed by atoms with E-state index in [1.54, 1.807) is 31.2 Å². The number of fused-ring (bicyclic) bond motifs is 3. The summed E-state index contributed by atoms with van der Waals surface area (Å²) in [5.74, 6) is -4.23. The fourth-order valence-corrected chi connectivity index (χ4v) is 9.96. The molecule has 3 heterocycles. The number of carbonyl (C=O) groups is 4. The zero-order valence-electron chi connectivity index (χ0n) is 33.8. The molecule has 324 valence electrons. The molecule has 59 heavy (non-hydrogen) atoms. The van der Waals surface area contributed by atoms with Gasteiger partial charge in [0.1, 0.15) is 35.0 Å². The minimum Gasteiger partial charge on any atom is -0.494 e. The maximum absolute atomic E-state index is 15.2. The summed E-state index contributed by atoms with van der Waals surface area (Å²) in [7, 11) is -2.70. The quantitative estimate of drug-likeness (QED) is 0.245. The van der Waals surface area contributed by atoms with E-state index in [1.807, 2.05) is 13.0 Å². The van der Waals surface area contributed by atoms with Crippen LogP contribution in [-0.4, -0.2) is 106 Å². The van der Waals surface area contributed by atoms with Crippen LogP contribution in [0, 0.1) is 17.8 Å². The number of rotatable bonds is 9. The highest BCUT2D eigenvalue weighted by atomic mass is 35.5. The fraction of sp³-hybridized carbons (Fsp3) is 0.625. The minimum absolute atomic E-state index is 0.0407. The van der Waals surface area contributed by atoms with E-state index in [1.165, 1.54) is 20.2 Å². The highest BCUT2D eigenvalue weighted by molar-refractivity contribution is 7.91. The molecule has 1 aromatic carbocycles. The molecule has 2 aromatic rings. The van der Waals surface area contributed by atoms with Gasteiger partial charge in [-0.1, -0.05) is 50.1 Å². The molecule has 0 unspecified atom stereocenters. The fourth-order valence-electron chi connectivity index (χ4n) is 8.38. The first-order valence-electron chi connectivity index (χ1n) is 19.7. The van der Waals surface area contributed by atoms with E-state index >= 15 is 4.79 Å². The van der Waals surface area contributed by atoms with Crippen molar-refractivity contribution in [3.05, 3.63) is 41.6 Å². The molecule has 3 N–H and O–H groups in total. The van der Waals surface area contributed by atoms with E-state index in [0.717, 1.165) is 4.90 Å². The van der Waals surface area contributed by atoms with Crippen LogP contribution in [0.1, 0.15) is 86.0 Å². The molecule has 3 fully saturated rings. The molecule has 0 spiro atoms. The zero-order valence-corrected chi connectivity index (χ0v) is 35.3. The van der Waals surface area contributed by atoms with Crippen LogP contribution >= 0.6 is 11.6 Å². The number of halogens is 4. The van der Waals surface area contributed by atoms with E-state index in [4.69, 9.17) is 21.1 Å². The lowest BCUT2D eigenvalue weighted by atomic mass is 9.82. The Morgan fingerprint density at radius 1 is 1.19 bits per heavy atom. The van der Waals surface area contributed by atoms with Crippen LogP contribution in [0.5, 0.6) is 11.6 Å². The average molecular weight is 870 g/mol. The smallest absolute Gasteiger partial charge is 0.411 e. The molecule has 1 aromatic heterocycles. The van der Waals surface area contributed by atoms with Gasteiger partial charge < -0.3 is 24.8 Å². The maximum Gasteiger partial charge on any atom is 0.411 e. The molecule has 2 aliphatic heterocycles. The summed E-state index contributed by atoms with van der Waals surface area (Å²) in [6.07, 6.45) is -1.43. The van der Waals surface area contributed by atoms with Crippen molar-refractivity contribution >= 4 is 56.2 Å². The zero-order chi connectivity index (χ0) is 43.5. The van der Waals surface area contributed by atoms with Crippen molar-refractivity contribution in [1.29, 1.82) is 0 Å². The Hall–Kier alpha value is -4.32. The Bertz CT molecular complexity index is 2150. The number of pyridine rings is 1. The highest BCUT2D eigenvalue weighted by Crippen LogP contribution is 2.48. The summed E-state index contributed by atoms with van der Waals surface area (Å²) in [5, 5.41) is 14.5. The molecule has 6 rings (SSSR count). The summed E-state index contributed by atoms with van der Waals surface area (Å²) in [6, 6.07) is 1.56. The second-order valence-electron chi connectivity index (χ2n) is 17.1. The van der Waals surface area contributed by atoms with E-state index in [9.17, 15) is 41.1 Å². The SMILES string of the molecule is CC[C@@H]1C[C@H](C)CC/C=C\[C@@H]2C[C@@]2(C(=O)NS(=O)(=O)C2(C)CC2)NC(=O)[C@@H]2C[C@@H](Oc3ncc(OC)c4c(Cl)cccc34)CN2C(=O)[C@H]1N(C(=O)O)C(C)(C)C(F)(F)F. The molecular formula is C40H51ClF3N5O9S. The van der Waals surface area contributed by atoms with Crippen molar-refractivity contribution in [2.24, 2.45) is 17.8 Å². The summed E-state index contributed by atoms with van der Waals surface area (Å²) in [4.78, 5) is 62.4. The van der Waals surface area contributed by atoms with Gasteiger partial charge in [-0.15, -0.1) is 0 Å². The van der Waals surface area contributed by atoms with Gasteiger partial charge in [0.15, 0.2) is 0 Å². The lowest BCUT2D eigenvalue weighted by molar-refractivity contribution is -0.222. The molecule has 2 aliphatic carbocycles. The normalized spacial score (nSPS) is 29.2. The second-order valence-corrected chi connectivity index (χ2v) is 19.7. The Kier molecular flexibility index (Phi) is 12.0. The van der Waals surface area contributed by atoms with Crippen molar-refractivity contribution < 1.29 is 55.3 Å². The molecule has 4 aliphatic rings. The third kappa shape index (κ3) is 8.27. The first-order chi connectivity index (χ1) is 27.5. The summed E-state index contributed by atoms with van der Waals surface area (Å²) < 4.78 is 83.7. The van der Waals surface area contributed by atoms with Crippen LogP contribution in [0.4, 0.5) is 18.0 Å². The van der Waals surface area contributed by atoms with Crippen LogP contribution in [0.15, 0.2) is 36.5 Å². The van der Waals surface area contributed by atoms with Crippen molar-refractivity contribution in [2.75, 3.05) is 13.7 Å². The number of sulfonamides is 1. The second kappa shape index (κ2) is 15.9. The Balaban J connectivity index is 1.45. The standard InChI is InChI=1S/C40H51ClF3N5O9S/c1-7-23-17-22(2)11-8-9-12-24-19-39(24,35(52)47-59(55,56)38(5)15-16-38)46-32(50)28-18-25(58-33-26-13-10-14-27(41)30(26)29(57-6)20-45-33)21-48(28)34(51)31(23)49(36(53)54)37(3,4)40(42,43)44/h9-10,12-14,20,22-25,28,31H,7-8,11,15-19,21H2,1-6H3,(H,46,50)(H,47,52)(H,53,54)/b12-9-/t22-,23-,24-,25-,28+,31+,39-/m1/s1. The third-order valence-corrected chi connectivity index (χ3v) is 15.1. The van der Waals surface area contributed by atoms with Crippen molar-refractivity contribution in [2.45, 2.75) is 126 Å². The van der Waals surface area contributed by atoms with E-state index in [-0.39, 0.29) is 48.9 Å².